The summed E-state index contributed by atoms with van der Waals surface area (Å²) < 4.78 is 0. The molecule has 160 valence electrons. The van der Waals surface area contributed by atoms with Gasteiger partial charge in [0.15, 0.2) is 5.17 Å². The minimum Gasteiger partial charge on any atom is -0.508 e. The summed E-state index contributed by atoms with van der Waals surface area (Å²) in [6.07, 6.45) is 3.71. The number of thioether (sulfide) groups is 1. The normalized spacial score (nSPS) is 18.8. The summed E-state index contributed by atoms with van der Waals surface area (Å²) >= 11 is 1.89. The van der Waals surface area contributed by atoms with Gasteiger partial charge in [0.1, 0.15) is 5.75 Å². The van der Waals surface area contributed by atoms with Crippen LogP contribution in [-0.2, 0) is 0 Å². The Morgan fingerprint density at radius 1 is 0.867 bits per heavy atom. The van der Waals surface area contributed by atoms with Crippen molar-refractivity contribution in [2.24, 2.45) is 4.99 Å². The van der Waals surface area contributed by atoms with E-state index in [1.807, 2.05) is 23.9 Å². The van der Waals surface area contributed by atoms with Crippen LogP contribution in [0.1, 0.15) is 26.2 Å². The number of phenols is 1. The van der Waals surface area contributed by atoms with E-state index in [4.69, 9.17) is 4.99 Å². The lowest BCUT2D eigenvalue weighted by Crippen LogP contribution is -2.46. The summed E-state index contributed by atoms with van der Waals surface area (Å²) in [4.78, 5) is 12.2. The van der Waals surface area contributed by atoms with Crippen molar-refractivity contribution in [1.29, 1.82) is 0 Å². The summed E-state index contributed by atoms with van der Waals surface area (Å²) in [5.74, 6) is 1.49. The largest absolute Gasteiger partial charge is 0.508 e. The van der Waals surface area contributed by atoms with Gasteiger partial charge in [-0.05, 0) is 61.4 Å². The van der Waals surface area contributed by atoms with Crippen molar-refractivity contribution in [2.45, 2.75) is 26.2 Å². The van der Waals surface area contributed by atoms with Crippen LogP contribution in [0.25, 0.3) is 0 Å². The van der Waals surface area contributed by atoms with Crippen LogP contribution in [0, 0.1) is 0 Å². The molecule has 2 fully saturated rings. The average molecular weight is 425 g/mol. The Bertz CT molecular complexity index is 829. The number of piperazine rings is 1. The van der Waals surface area contributed by atoms with E-state index in [9.17, 15) is 5.11 Å². The summed E-state index contributed by atoms with van der Waals surface area (Å²) in [5, 5.41) is 10.7. The fourth-order valence-corrected chi connectivity index (χ4v) is 4.99. The molecule has 0 aliphatic carbocycles. The predicted octanol–water partition coefficient (Wildman–Crippen LogP) is 4.95. The first kappa shape index (κ1) is 20.9. The molecular weight excluding hydrogens is 392 g/mol. The van der Waals surface area contributed by atoms with Crippen molar-refractivity contribution in [2.75, 3.05) is 54.8 Å². The minimum atomic E-state index is 0.321. The molecule has 5 nitrogen and oxygen atoms in total. The lowest BCUT2D eigenvalue weighted by atomic mass is 10.2. The van der Waals surface area contributed by atoms with Crippen LogP contribution in [-0.4, -0.2) is 60.2 Å². The number of amidine groups is 1. The van der Waals surface area contributed by atoms with E-state index in [0.29, 0.717) is 5.75 Å². The Labute approximate surface area is 184 Å². The first-order valence-electron chi connectivity index (χ1n) is 11.1. The van der Waals surface area contributed by atoms with Crippen molar-refractivity contribution in [3.63, 3.8) is 0 Å². The highest BCUT2D eigenvalue weighted by molar-refractivity contribution is 8.13. The van der Waals surface area contributed by atoms with Crippen molar-refractivity contribution < 1.29 is 5.11 Å². The lowest BCUT2D eigenvalue weighted by Gasteiger charge is -2.37. The molecule has 30 heavy (non-hydrogen) atoms. The number of hydrogen-bond acceptors (Lipinski definition) is 5. The SMILES string of the molecule is CCCCN1CCCSC1=Nc1ccc(N2CCN(c3ccc(O)cc3)CC2)cc1. The summed E-state index contributed by atoms with van der Waals surface area (Å²) in [5.41, 5.74) is 3.49. The van der Waals surface area contributed by atoms with E-state index in [1.165, 1.54) is 41.6 Å². The average Bonchev–Trinajstić information content (AvgIpc) is 2.80. The molecule has 0 radical (unpaired) electrons. The van der Waals surface area contributed by atoms with Gasteiger partial charge in [-0.1, -0.05) is 25.1 Å². The number of rotatable bonds is 6. The molecule has 2 heterocycles. The molecule has 0 saturated carbocycles. The predicted molar refractivity (Wildman–Crippen MR) is 130 cm³/mol. The molecule has 0 atom stereocenters. The molecule has 2 saturated heterocycles. The lowest BCUT2D eigenvalue weighted by molar-refractivity contribution is 0.411. The fraction of sp³-hybridized carbons (Fsp3) is 0.458. The van der Waals surface area contributed by atoms with E-state index in [0.717, 1.165) is 45.0 Å². The number of aliphatic imine (C=N–C) groups is 1. The zero-order chi connectivity index (χ0) is 20.8. The smallest absolute Gasteiger partial charge is 0.164 e. The van der Waals surface area contributed by atoms with Gasteiger partial charge in [-0.15, -0.1) is 0 Å². The second-order valence-electron chi connectivity index (χ2n) is 7.94. The highest BCUT2D eigenvalue weighted by Gasteiger charge is 2.19. The Morgan fingerprint density at radius 3 is 2.07 bits per heavy atom. The van der Waals surface area contributed by atoms with Gasteiger partial charge < -0.3 is 19.8 Å². The maximum absolute atomic E-state index is 9.48. The molecule has 0 bridgehead atoms. The number of unbranched alkanes of at least 4 members (excludes halogenated alkanes) is 1. The standard InChI is InChI=1S/C24H32N4OS/c1-2-3-13-28-14-4-19-30-24(28)25-20-5-7-21(8-6-20)26-15-17-27(18-16-26)22-9-11-23(29)12-10-22/h5-12,29H,2-4,13-19H2,1H3. The van der Waals surface area contributed by atoms with Crippen molar-refractivity contribution in [3.8, 4) is 5.75 Å². The second kappa shape index (κ2) is 10.1. The molecule has 0 amide bonds. The van der Waals surface area contributed by atoms with Gasteiger partial charge in [-0.3, -0.25) is 0 Å². The first-order valence-corrected chi connectivity index (χ1v) is 12.1. The van der Waals surface area contributed by atoms with E-state index < -0.39 is 0 Å². The molecule has 0 aromatic heterocycles. The van der Waals surface area contributed by atoms with Gasteiger partial charge in [0, 0.05) is 56.4 Å². The highest BCUT2D eigenvalue weighted by atomic mass is 32.2. The summed E-state index contributed by atoms with van der Waals surface area (Å²) in [6, 6.07) is 16.2. The highest BCUT2D eigenvalue weighted by Crippen LogP contribution is 2.26. The number of hydrogen-bond donors (Lipinski definition) is 1. The van der Waals surface area contributed by atoms with Gasteiger partial charge in [-0.25, -0.2) is 4.99 Å². The fourth-order valence-electron chi connectivity index (χ4n) is 4.00. The Morgan fingerprint density at radius 2 is 1.47 bits per heavy atom. The first-order chi connectivity index (χ1) is 14.7. The Hall–Kier alpha value is -2.34. The molecule has 2 aromatic rings. The summed E-state index contributed by atoms with van der Waals surface area (Å²) in [7, 11) is 0. The maximum Gasteiger partial charge on any atom is 0.164 e. The van der Waals surface area contributed by atoms with Crippen LogP contribution in [0.4, 0.5) is 17.1 Å². The van der Waals surface area contributed by atoms with Gasteiger partial charge in [0.2, 0.25) is 0 Å². The van der Waals surface area contributed by atoms with Crippen molar-refractivity contribution >= 4 is 34.0 Å². The van der Waals surface area contributed by atoms with E-state index >= 15 is 0 Å². The van der Waals surface area contributed by atoms with Crippen LogP contribution >= 0.6 is 11.8 Å². The molecule has 1 N–H and O–H groups in total. The topological polar surface area (TPSA) is 42.3 Å². The number of nitrogens with zero attached hydrogens (tertiary/aromatic N) is 4. The number of phenolic OH excluding ortho intramolecular Hbond substituents is 1. The molecule has 0 unspecified atom stereocenters. The molecule has 2 aliphatic heterocycles. The number of aromatic hydroxyl groups is 1. The molecule has 4 rings (SSSR count). The van der Waals surface area contributed by atoms with Crippen LogP contribution in [0.5, 0.6) is 5.75 Å². The third-order valence-electron chi connectivity index (χ3n) is 5.79. The molecular formula is C24H32N4OS. The van der Waals surface area contributed by atoms with Gasteiger partial charge >= 0.3 is 0 Å². The van der Waals surface area contributed by atoms with E-state index in [1.54, 1.807) is 12.1 Å². The third kappa shape index (κ3) is 5.22. The zero-order valence-corrected chi connectivity index (χ0v) is 18.7. The van der Waals surface area contributed by atoms with Crippen molar-refractivity contribution in [3.05, 3.63) is 48.5 Å². The molecule has 2 aromatic carbocycles. The minimum absolute atomic E-state index is 0.321. The third-order valence-corrected chi connectivity index (χ3v) is 6.89. The van der Waals surface area contributed by atoms with Gasteiger partial charge in [0.05, 0.1) is 5.69 Å². The number of benzene rings is 2. The monoisotopic (exact) mass is 424 g/mol. The Balaban J connectivity index is 1.36. The summed E-state index contributed by atoms with van der Waals surface area (Å²) in [6.45, 7) is 8.46. The van der Waals surface area contributed by atoms with Crippen LogP contribution in [0.2, 0.25) is 0 Å². The van der Waals surface area contributed by atoms with E-state index in [-0.39, 0.29) is 0 Å². The van der Waals surface area contributed by atoms with Crippen molar-refractivity contribution in [1.82, 2.24) is 4.90 Å². The maximum atomic E-state index is 9.48. The van der Waals surface area contributed by atoms with Gasteiger partial charge in [-0.2, -0.15) is 0 Å². The molecule has 2 aliphatic rings. The Kier molecular flexibility index (Phi) is 7.05. The van der Waals surface area contributed by atoms with Crippen LogP contribution < -0.4 is 9.80 Å². The molecule has 6 heteroatoms. The molecule has 0 spiro atoms. The zero-order valence-electron chi connectivity index (χ0n) is 17.8. The quantitative estimate of drug-likeness (QED) is 0.711. The van der Waals surface area contributed by atoms with Gasteiger partial charge in [0.25, 0.3) is 0 Å². The van der Waals surface area contributed by atoms with Crippen LogP contribution in [0.15, 0.2) is 53.5 Å². The van der Waals surface area contributed by atoms with Crippen LogP contribution in [0.3, 0.4) is 0 Å². The second-order valence-corrected chi connectivity index (χ2v) is 9.01. The van der Waals surface area contributed by atoms with E-state index in [2.05, 4.69) is 45.9 Å². The number of anilines is 2.